The van der Waals surface area contributed by atoms with Crippen molar-refractivity contribution in [3.63, 3.8) is 0 Å². The third-order valence-electron chi connectivity index (χ3n) is 4.58. The predicted octanol–water partition coefficient (Wildman–Crippen LogP) is 4.41. The lowest BCUT2D eigenvalue weighted by Crippen LogP contribution is -2.03. The Bertz CT molecular complexity index is 1020. The lowest BCUT2D eigenvalue weighted by molar-refractivity contribution is 0.636. The van der Waals surface area contributed by atoms with E-state index < -0.39 is 0 Å². The van der Waals surface area contributed by atoms with Crippen molar-refractivity contribution in [2.75, 3.05) is 5.32 Å². The summed E-state index contributed by atoms with van der Waals surface area (Å²) < 4.78 is 2.24. The lowest BCUT2D eigenvalue weighted by Gasteiger charge is -2.08. The Labute approximate surface area is 162 Å². The molecule has 1 aliphatic rings. The van der Waals surface area contributed by atoms with E-state index in [0.717, 1.165) is 53.0 Å². The normalized spacial score (nSPS) is 14.3. The van der Waals surface area contributed by atoms with Crippen LogP contribution < -0.4 is 5.32 Å². The summed E-state index contributed by atoms with van der Waals surface area (Å²) in [5, 5.41) is 24.1. The largest absolute Gasteiger partial charge is 0.360 e. The Kier molecular flexibility index (Phi) is 4.99. The van der Waals surface area contributed by atoms with Crippen LogP contribution in [0.3, 0.4) is 0 Å². The highest BCUT2D eigenvalue weighted by Gasteiger charge is 2.16. The van der Waals surface area contributed by atoms with Crippen molar-refractivity contribution in [2.45, 2.75) is 39.2 Å². The van der Waals surface area contributed by atoms with Gasteiger partial charge in [-0.2, -0.15) is 5.26 Å². The van der Waals surface area contributed by atoms with Crippen LogP contribution in [0.5, 0.6) is 0 Å². The number of nitrogens with zero attached hydrogens (tertiary/aromatic N) is 5. The van der Waals surface area contributed by atoms with Crippen LogP contribution in [0.4, 0.5) is 5.69 Å². The highest BCUT2D eigenvalue weighted by atomic mass is 32.1. The molecular weight excluding hydrogens is 356 g/mol. The molecule has 7 heteroatoms. The van der Waals surface area contributed by atoms with Gasteiger partial charge in [0.15, 0.2) is 5.82 Å². The number of nitrogens with one attached hydrogen (secondary N) is 1. The van der Waals surface area contributed by atoms with Gasteiger partial charge in [-0.15, -0.1) is 21.5 Å². The van der Waals surface area contributed by atoms with Crippen LogP contribution in [0.2, 0.25) is 0 Å². The molecule has 136 valence electrons. The van der Waals surface area contributed by atoms with E-state index in [9.17, 15) is 5.26 Å². The summed E-state index contributed by atoms with van der Waals surface area (Å²) in [6, 6.07) is 10.3. The summed E-state index contributed by atoms with van der Waals surface area (Å²) in [4.78, 5) is 4.38. The first-order valence-electron chi connectivity index (χ1n) is 9.06. The van der Waals surface area contributed by atoms with E-state index in [1.807, 2.05) is 36.6 Å². The van der Waals surface area contributed by atoms with E-state index in [2.05, 4.69) is 31.1 Å². The Morgan fingerprint density at radius 3 is 3.04 bits per heavy atom. The number of benzene rings is 1. The zero-order valence-electron chi connectivity index (χ0n) is 15.1. The van der Waals surface area contributed by atoms with Gasteiger partial charge in [-0.05, 0) is 31.9 Å². The first-order valence-corrected chi connectivity index (χ1v) is 9.94. The number of allylic oxidation sites excluding steroid dienone is 1. The third-order valence-corrected chi connectivity index (χ3v) is 5.58. The van der Waals surface area contributed by atoms with Crippen LogP contribution in [0.25, 0.3) is 17.0 Å². The van der Waals surface area contributed by atoms with Crippen molar-refractivity contribution < 1.29 is 0 Å². The maximum Gasteiger partial charge on any atom is 0.164 e. The molecule has 0 unspecified atom stereocenters. The Hall–Kier alpha value is -2.98. The molecule has 3 aromatic rings. The van der Waals surface area contributed by atoms with Crippen LogP contribution in [0.1, 0.15) is 35.8 Å². The van der Waals surface area contributed by atoms with Gasteiger partial charge in [-0.3, -0.25) is 0 Å². The number of fused-ring (bicyclic) bond motifs is 1. The van der Waals surface area contributed by atoms with Crippen molar-refractivity contribution in [3.05, 3.63) is 52.4 Å². The molecule has 0 amide bonds. The minimum Gasteiger partial charge on any atom is -0.360 e. The van der Waals surface area contributed by atoms with Gasteiger partial charge < -0.3 is 9.88 Å². The zero-order valence-corrected chi connectivity index (χ0v) is 16.0. The molecule has 0 saturated carbocycles. The van der Waals surface area contributed by atoms with E-state index in [0.29, 0.717) is 5.57 Å². The van der Waals surface area contributed by atoms with Crippen molar-refractivity contribution in [2.24, 2.45) is 0 Å². The highest BCUT2D eigenvalue weighted by Crippen LogP contribution is 2.25. The average molecular weight is 376 g/mol. The lowest BCUT2D eigenvalue weighted by atomic mass is 10.2. The monoisotopic (exact) mass is 376 g/mol. The molecule has 3 heterocycles. The molecule has 0 spiro atoms. The second-order valence-corrected chi connectivity index (χ2v) is 7.45. The zero-order chi connectivity index (χ0) is 18.6. The summed E-state index contributed by atoms with van der Waals surface area (Å²) >= 11 is 1.47. The van der Waals surface area contributed by atoms with Crippen LogP contribution in [-0.4, -0.2) is 19.7 Å². The molecular formula is C20H20N6S. The maximum atomic E-state index is 9.42. The number of aryl methyl sites for hydroxylation is 2. The van der Waals surface area contributed by atoms with E-state index in [-0.39, 0.29) is 0 Å². The molecule has 1 N–H and O–H groups in total. The van der Waals surface area contributed by atoms with E-state index in [4.69, 9.17) is 0 Å². The van der Waals surface area contributed by atoms with Crippen molar-refractivity contribution in [3.8, 4) is 17.5 Å². The van der Waals surface area contributed by atoms with Gasteiger partial charge in [0.2, 0.25) is 0 Å². The summed E-state index contributed by atoms with van der Waals surface area (Å²) in [6.07, 6.45) is 6.28. The first kappa shape index (κ1) is 17.4. The SMILES string of the molecule is Cc1csc(/C(C#N)=C/Nc2cccc(-c3nnc4n3CCCCC4)c2)n1. The minimum atomic E-state index is 0.523. The molecule has 1 aliphatic heterocycles. The number of anilines is 1. The molecule has 0 aliphatic carbocycles. The third kappa shape index (κ3) is 3.76. The number of thiazole rings is 1. The average Bonchev–Trinajstić information content (AvgIpc) is 3.22. The molecule has 2 aromatic heterocycles. The standard InChI is InChI=1S/C20H20N6S/c1-14-13-27-20(23-14)16(11-21)12-22-17-7-5-6-15(10-17)19-25-24-18-8-3-2-4-9-26(18)19/h5-7,10,12-13,22H,2-4,8-9H2,1H3/b16-12+. The van der Waals surface area contributed by atoms with Crippen LogP contribution in [0.15, 0.2) is 35.8 Å². The van der Waals surface area contributed by atoms with Crippen molar-refractivity contribution in [1.29, 1.82) is 5.26 Å². The van der Waals surface area contributed by atoms with Gasteiger partial charge >= 0.3 is 0 Å². The number of rotatable bonds is 4. The van der Waals surface area contributed by atoms with Gasteiger partial charge in [-0.25, -0.2) is 4.98 Å². The summed E-state index contributed by atoms with van der Waals surface area (Å²) in [5.74, 6) is 1.99. The fourth-order valence-electron chi connectivity index (χ4n) is 3.22. The quantitative estimate of drug-likeness (QED) is 0.682. The summed E-state index contributed by atoms with van der Waals surface area (Å²) in [6.45, 7) is 2.89. The fraction of sp³-hybridized carbons (Fsp3) is 0.300. The van der Waals surface area contributed by atoms with E-state index in [1.54, 1.807) is 6.20 Å². The second-order valence-electron chi connectivity index (χ2n) is 6.59. The van der Waals surface area contributed by atoms with Crippen LogP contribution in [-0.2, 0) is 13.0 Å². The maximum absolute atomic E-state index is 9.42. The smallest absolute Gasteiger partial charge is 0.164 e. The van der Waals surface area contributed by atoms with Crippen molar-refractivity contribution in [1.82, 2.24) is 19.7 Å². The molecule has 0 radical (unpaired) electrons. The number of aromatic nitrogens is 4. The Morgan fingerprint density at radius 2 is 2.22 bits per heavy atom. The van der Waals surface area contributed by atoms with E-state index >= 15 is 0 Å². The van der Waals surface area contributed by atoms with Crippen LogP contribution >= 0.6 is 11.3 Å². The van der Waals surface area contributed by atoms with Crippen LogP contribution in [0, 0.1) is 18.3 Å². The molecule has 0 bridgehead atoms. The molecule has 27 heavy (non-hydrogen) atoms. The number of nitriles is 1. The topological polar surface area (TPSA) is 79.4 Å². The predicted molar refractivity (Wildman–Crippen MR) is 107 cm³/mol. The molecule has 0 saturated heterocycles. The van der Waals surface area contributed by atoms with Crippen molar-refractivity contribution >= 4 is 22.6 Å². The van der Waals surface area contributed by atoms with Gasteiger partial charge in [-0.1, -0.05) is 18.6 Å². The second kappa shape index (κ2) is 7.72. The van der Waals surface area contributed by atoms with Gasteiger partial charge in [0.05, 0.1) is 0 Å². The van der Waals surface area contributed by atoms with E-state index in [1.165, 1.54) is 24.2 Å². The molecule has 1 aromatic carbocycles. The molecule has 6 nitrogen and oxygen atoms in total. The van der Waals surface area contributed by atoms with Gasteiger partial charge in [0, 0.05) is 41.5 Å². The molecule has 0 atom stereocenters. The number of hydrogen-bond donors (Lipinski definition) is 1. The Morgan fingerprint density at radius 1 is 1.30 bits per heavy atom. The highest BCUT2D eigenvalue weighted by molar-refractivity contribution is 7.10. The van der Waals surface area contributed by atoms with Gasteiger partial charge in [0.1, 0.15) is 22.5 Å². The molecule has 4 rings (SSSR count). The molecule has 0 fully saturated rings. The minimum absolute atomic E-state index is 0.523. The van der Waals surface area contributed by atoms with Gasteiger partial charge in [0.25, 0.3) is 0 Å². The summed E-state index contributed by atoms with van der Waals surface area (Å²) in [7, 11) is 0. The first-order chi connectivity index (χ1) is 13.2. The number of hydrogen-bond acceptors (Lipinski definition) is 6. The Balaban J connectivity index is 1.59. The summed E-state index contributed by atoms with van der Waals surface area (Å²) in [5.41, 5.74) is 3.37. The fourth-order valence-corrected chi connectivity index (χ4v) is 3.98.